The van der Waals surface area contributed by atoms with E-state index in [1.54, 1.807) is 37.3 Å². The molecule has 0 radical (unpaired) electrons. The topological polar surface area (TPSA) is 49.7 Å². The number of phenolic OH excluding ortho intramolecular Hbond substituents is 1. The number of hydrogen-bond acceptors (Lipinski definition) is 3. The van der Waals surface area contributed by atoms with Crippen molar-refractivity contribution in [3.05, 3.63) is 89.0 Å². The molecule has 31 heavy (non-hydrogen) atoms. The molecule has 0 saturated carbocycles. The number of phenols is 1. The summed E-state index contributed by atoms with van der Waals surface area (Å²) in [7, 11) is 0. The van der Waals surface area contributed by atoms with Gasteiger partial charge in [-0.15, -0.1) is 0 Å². The van der Waals surface area contributed by atoms with Crippen LogP contribution >= 0.6 is 0 Å². The van der Waals surface area contributed by atoms with Crippen LogP contribution in [0.4, 0.5) is 0 Å². The zero-order chi connectivity index (χ0) is 22.7. The SMILES string of the molecule is CC(C)=CCC/C(C)=C/CC[C@@](C)(O)/C=C/c1cc(OCc2ccccc2)ccc1O. The van der Waals surface area contributed by atoms with Gasteiger partial charge in [0.25, 0.3) is 0 Å². The summed E-state index contributed by atoms with van der Waals surface area (Å²) < 4.78 is 5.84. The Labute approximate surface area is 187 Å². The van der Waals surface area contributed by atoms with Crippen LogP contribution in [-0.4, -0.2) is 15.8 Å². The molecule has 2 rings (SSSR count). The Kier molecular flexibility index (Phi) is 9.61. The minimum absolute atomic E-state index is 0.161. The van der Waals surface area contributed by atoms with Gasteiger partial charge in [-0.1, -0.05) is 65.8 Å². The number of rotatable bonds is 11. The second kappa shape index (κ2) is 12.2. The van der Waals surface area contributed by atoms with Crippen LogP contribution in [0.2, 0.25) is 0 Å². The lowest BCUT2D eigenvalue weighted by Crippen LogP contribution is -2.19. The molecule has 3 heteroatoms. The van der Waals surface area contributed by atoms with Gasteiger partial charge in [0.15, 0.2) is 0 Å². The fourth-order valence-electron chi connectivity index (χ4n) is 3.15. The molecule has 0 heterocycles. The summed E-state index contributed by atoms with van der Waals surface area (Å²) in [6.45, 7) is 8.63. The van der Waals surface area contributed by atoms with Gasteiger partial charge in [-0.25, -0.2) is 0 Å². The first kappa shape index (κ1) is 24.5. The normalized spacial score (nSPS) is 13.8. The number of benzene rings is 2. The van der Waals surface area contributed by atoms with Crippen LogP contribution in [0, 0.1) is 0 Å². The predicted octanol–water partition coefficient (Wildman–Crippen LogP) is 7.21. The van der Waals surface area contributed by atoms with E-state index in [0.29, 0.717) is 24.3 Å². The second-order valence-corrected chi connectivity index (χ2v) is 8.59. The molecule has 0 fully saturated rings. The minimum Gasteiger partial charge on any atom is -0.507 e. The van der Waals surface area contributed by atoms with E-state index in [1.807, 2.05) is 30.3 Å². The van der Waals surface area contributed by atoms with E-state index in [1.165, 1.54) is 11.1 Å². The van der Waals surface area contributed by atoms with E-state index in [9.17, 15) is 10.2 Å². The molecule has 166 valence electrons. The molecule has 2 aromatic carbocycles. The maximum Gasteiger partial charge on any atom is 0.123 e. The van der Waals surface area contributed by atoms with Crippen LogP contribution in [0.15, 0.2) is 77.9 Å². The largest absolute Gasteiger partial charge is 0.507 e. The Morgan fingerprint density at radius 1 is 1.00 bits per heavy atom. The first-order valence-corrected chi connectivity index (χ1v) is 11.0. The molecule has 0 spiro atoms. The Hall–Kier alpha value is -2.78. The lowest BCUT2D eigenvalue weighted by Gasteiger charge is -2.18. The molecule has 0 unspecified atom stereocenters. The van der Waals surface area contributed by atoms with Gasteiger partial charge >= 0.3 is 0 Å². The summed E-state index contributed by atoms with van der Waals surface area (Å²) in [5.74, 6) is 0.838. The molecule has 0 aliphatic rings. The van der Waals surface area contributed by atoms with Gasteiger partial charge in [-0.2, -0.15) is 0 Å². The maximum atomic E-state index is 10.7. The van der Waals surface area contributed by atoms with E-state index in [2.05, 4.69) is 32.9 Å². The van der Waals surface area contributed by atoms with Crippen LogP contribution in [0.25, 0.3) is 6.08 Å². The van der Waals surface area contributed by atoms with Gasteiger partial charge in [0.2, 0.25) is 0 Å². The summed E-state index contributed by atoms with van der Waals surface area (Å²) in [5, 5.41) is 20.9. The van der Waals surface area contributed by atoms with Crippen LogP contribution in [0.5, 0.6) is 11.5 Å². The Morgan fingerprint density at radius 2 is 1.74 bits per heavy atom. The van der Waals surface area contributed by atoms with Gasteiger partial charge in [-0.3, -0.25) is 0 Å². The van der Waals surface area contributed by atoms with Crippen molar-refractivity contribution in [1.82, 2.24) is 0 Å². The molecule has 0 amide bonds. The standard InChI is InChI=1S/C28H36O3/c1-22(2)10-8-11-23(3)12-9-18-28(4,30)19-17-25-20-26(15-16-27(25)29)31-21-24-13-6-5-7-14-24/h5-7,10,12-17,19-20,29-30H,8-9,11,18,21H2,1-4H3/b19-17+,23-12+/t28-/m1/s1. The van der Waals surface area contributed by atoms with Gasteiger partial charge in [0.1, 0.15) is 18.1 Å². The van der Waals surface area contributed by atoms with Gasteiger partial charge < -0.3 is 14.9 Å². The first-order chi connectivity index (χ1) is 14.7. The molecule has 0 aliphatic carbocycles. The average molecular weight is 421 g/mol. The van der Waals surface area contributed by atoms with Crippen molar-refractivity contribution in [3.63, 3.8) is 0 Å². The zero-order valence-electron chi connectivity index (χ0n) is 19.3. The molecule has 0 aliphatic heterocycles. The lowest BCUT2D eigenvalue weighted by atomic mass is 9.97. The molecule has 3 nitrogen and oxygen atoms in total. The number of aromatic hydroxyl groups is 1. The van der Waals surface area contributed by atoms with Gasteiger partial charge in [0, 0.05) is 5.56 Å². The number of allylic oxidation sites excluding steroid dienone is 4. The highest BCUT2D eigenvalue weighted by molar-refractivity contribution is 5.59. The van der Waals surface area contributed by atoms with E-state index < -0.39 is 5.60 Å². The van der Waals surface area contributed by atoms with E-state index >= 15 is 0 Å². The second-order valence-electron chi connectivity index (χ2n) is 8.59. The van der Waals surface area contributed by atoms with Crippen molar-refractivity contribution >= 4 is 6.08 Å². The molecule has 0 saturated heterocycles. The van der Waals surface area contributed by atoms with Crippen molar-refractivity contribution in [3.8, 4) is 11.5 Å². The third-order valence-electron chi connectivity index (χ3n) is 5.10. The minimum atomic E-state index is -0.954. The highest BCUT2D eigenvalue weighted by Crippen LogP contribution is 2.27. The zero-order valence-corrected chi connectivity index (χ0v) is 19.3. The maximum absolute atomic E-state index is 10.7. The number of ether oxygens (including phenoxy) is 1. The van der Waals surface area contributed by atoms with Crippen molar-refractivity contribution in [1.29, 1.82) is 0 Å². The quantitative estimate of drug-likeness (QED) is 0.378. The third kappa shape index (κ3) is 9.71. The number of hydrogen-bond donors (Lipinski definition) is 2. The first-order valence-electron chi connectivity index (χ1n) is 11.0. The Morgan fingerprint density at radius 3 is 2.45 bits per heavy atom. The van der Waals surface area contributed by atoms with E-state index in [4.69, 9.17) is 4.74 Å². The highest BCUT2D eigenvalue weighted by Gasteiger charge is 2.15. The van der Waals surface area contributed by atoms with Gasteiger partial charge in [0.05, 0.1) is 5.60 Å². The highest BCUT2D eigenvalue weighted by atomic mass is 16.5. The fourth-order valence-corrected chi connectivity index (χ4v) is 3.15. The van der Waals surface area contributed by atoms with E-state index in [-0.39, 0.29) is 5.75 Å². The summed E-state index contributed by atoms with van der Waals surface area (Å²) in [5.41, 5.74) is 3.44. The van der Waals surface area contributed by atoms with Crippen molar-refractivity contribution in [2.45, 2.75) is 65.6 Å². The molecular formula is C28H36O3. The summed E-state index contributed by atoms with van der Waals surface area (Å²) >= 11 is 0. The van der Waals surface area contributed by atoms with Crippen molar-refractivity contribution < 1.29 is 14.9 Å². The molecular weight excluding hydrogens is 384 g/mol. The Bertz CT molecular complexity index is 901. The molecule has 0 aromatic heterocycles. The molecule has 0 bridgehead atoms. The average Bonchev–Trinajstić information content (AvgIpc) is 2.72. The molecule has 2 N–H and O–H groups in total. The van der Waals surface area contributed by atoms with Crippen LogP contribution in [-0.2, 0) is 6.61 Å². The fraction of sp³-hybridized carbons (Fsp3) is 0.357. The van der Waals surface area contributed by atoms with Crippen LogP contribution < -0.4 is 4.74 Å². The van der Waals surface area contributed by atoms with Crippen molar-refractivity contribution in [2.24, 2.45) is 0 Å². The monoisotopic (exact) mass is 420 g/mol. The third-order valence-corrected chi connectivity index (χ3v) is 5.10. The summed E-state index contributed by atoms with van der Waals surface area (Å²) in [6, 6.07) is 15.1. The molecule has 2 aromatic rings. The summed E-state index contributed by atoms with van der Waals surface area (Å²) in [4.78, 5) is 0. The van der Waals surface area contributed by atoms with Gasteiger partial charge in [-0.05, 0) is 77.1 Å². The number of aliphatic hydroxyl groups is 1. The van der Waals surface area contributed by atoms with Crippen molar-refractivity contribution in [2.75, 3.05) is 0 Å². The van der Waals surface area contributed by atoms with Crippen LogP contribution in [0.3, 0.4) is 0 Å². The smallest absolute Gasteiger partial charge is 0.123 e. The van der Waals surface area contributed by atoms with Crippen LogP contribution in [0.1, 0.15) is 64.5 Å². The molecule has 1 atom stereocenters. The lowest BCUT2D eigenvalue weighted by molar-refractivity contribution is 0.104. The van der Waals surface area contributed by atoms with E-state index in [0.717, 1.165) is 24.8 Å². The summed E-state index contributed by atoms with van der Waals surface area (Å²) in [6.07, 6.45) is 11.5. The Balaban J connectivity index is 1.92. The predicted molar refractivity (Wildman–Crippen MR) is 130 cm³/mol.